The molecule has 0 heterocycles. The van der Waals surface area contributed by atoms with Gasteiger partial charge in [-0.3, -0.25) is 0 Å². The van der Waals surface area contributed by atoms with Gasteiger partial charge in [0.05, 0.1) is 6.42 Å². The van der Waals surface area contributed by atoms with E-state index >= 15 is 0 Å². The monoisotopic (exact) mass is 261 g/mol. The van der Waals surface area contributed by atoms with Gasteiger partial charge < -0.3 is 5.32 Å². The summed E-state index contributed by atoms with van der Waals surface area (Å²) in [6, 6.07) is -0.0282. The Balaban J connectivity index is 2.84. The summed E-state index contributed by atoms with van der Waals surface area (Å²) in [5, 5.41) is 1.67. The van der Waals surface area contributed by atoms with Crippen LogP contribution in [0.4, 0.5) is 36.4 Å². The van der Waals surface area contributed by atoms with E-state index in [2.05, 4.69) is 0 Å². The normalized spacial score (nSPS) is 11.7. The van der Waals surface area contributed by atoms with Gasteiger partial charge in [0.2, 0.25) is 0 Å². The minimum absolute atomic E-state index is 0.0282. The third-order valence-corrected chi connectivity index (χ3v) is 1.82. The fourth-order valence-electron chi connectivity index (χ4n) is 1.06. The molecule has 1 N–H and O–H groups in total. The Kier molecular flexibility index (Phi) is 3.84. The van der Waals surface area contributed by atoms with E-state index in [4.69, 9.17) is 0 Å². The maximum atomic E-state index is 12.9. The van der Waals surface area contributed by atoms with Gasteiger partial charge in [0.15, 0.2) is 23.3 Å². The predicted octanol–water partition coefficient (Wildman–Crippen LogP) is 3.61. The van der Waals surface area contributed by atoms with Gasteiger partial charge in [-0.15, -0.1) is 0 Å². The first-order chi connectivity index (χ1) is 7.72. The molecule has 0 aliphatic rings. The Hall–Kier alpha value is -1.47. The quantitative estimate of drug-likeness (QED) is 0.647. The molecule has 0 bridgehead atoms. The summed E-state index contributed by atoms with van der Waals surface area (Å²) < 4.78 is 86.4. The lowest BCUT2D eigenvalue weighted by atomic mass is 10.2. The van der Waals surface area contributed by atoms with Crippen molar-refractivity contribution in [3.8, 4) is 0 Å². The van der Waals surface area contributed by atoms with Gasteiger partial charge in [0.25, 0.3) is 0 Å². The number of hydrogen-bond acceptors (Lipinski definition) is 1. The highest BCUT2D eigenvalue weighted by Gasteiger charge is 2.27. The zero-order valence-corrected chi connectivity index (χ0v) is 8.14. The first-order valence-electron chi connectivity index (χ1n) is 4.36. The molecular weight excluding hydrogens is 255 g/mol. The van der Waals surface area contributed by atoms with Crippen molar-refractivity contribution in [3.05, 3.63) is 29.3 Å². The molecular formula is C9H6F7N. The zero-order valence-electron chi connectivity index (χ0n) is 8.14. The van der Waals surface area contributed by atoms with Crippen LogP contribution >= 0.6 is 0 Å². The van der Waals surface area contributed by atoms with E-state index in [-0.39, 0.29) is 6.07 Å². The van der Waals surface area contributed by atoms with E-state index in [1.165, 1.54) is 0 Å². The van der Waals surface area contributed by atoms with E-state index in [1.807, 2.05) is 0 Å². The number of halogens is 7. The molecule has 0 aliphatic heterocycles. The topological polar surface area (TPSA) is 12.0 Å². The molecule has 0 saturated heterocycles. The summed E-state index contributed by atoms with van der Waals surface area (Å²) in [5.41, 5.74) is -1.24. The van der Waals surface area contributed by atoms with E-state index in [0.717, 1.165) is 0 Å². The van der Waals surface area contributed by atoms with Crippen LogP contribution in [0.2, 0.25) is 0 Å². The zero-order chi connectivity index (χ0) is 13.2. The Labute approximate surface area is 91.2 Å². The van der Waals surface area contributed by atoms with Crippen molar-refractivity contribution in [1.82, 2.24) is 0 Å². The van der Waals surface area contributed by atoms with E-state index in [1.54, 1.807) is 5.32 Å². The lowest BCUT2D eigenvalue weighted by Gasteiger charge is -2.11. The second-order valence-electron chi connectivity index (χ2n) is 3.14. The van der Waals surface area contributed by atoms with Crippen molar-refractivity contribution in [2.45, 2.75) is 12.6 Å². The van der Waals surface area contributed by atoms with Crippen molar-refractivity contribution in [1.29, 1.82) is 0 Å². The molecule has 17 heavy (non-hydrogen) atoms. The molecule has 0 radical (unpaired) electrons. The molecule has 0 aliphatic carbocycles. The lowest BCUT2D eigenvalue weighted by molar-refractivity contribution is -0.131. The van der Waals surface area contributed by atoms with Crippen molar-refractivity contribution in [2.75, 3.05) is 11.9 Å². The molecule has 0 saturated carbocycles. The van der Waals surface area contributed by atoms with E-state index in [9.17, 15) is 30.7 Å². The summed E-state index contributed by atoms with van der Waals surface area (Å²) in [7, 11) is 0. The number of benzene rings is 1. The van der Waals surface area contributed by atoms with Crippen molar-refractivity contribution >= 4 is 5.69 Å². The van der Waals surface area contributed by atoms with Crippen LogP contribution in [0.15, 0.2) is 6.07 Å². The fourth-order valence-corrected chi connectivity index (χ4v) is 1.06. The predicted molar refractivity (Wildman–Crippen MR) is 45.4 cm³/mol. The molecule has 1 aromatic carbocycles. The Morgan fingerprint density at radius 1 is 0.941 bits per heavy atom. The number of alkyl halides is 3. The van der Waals surface area contributed by atoms with Gasteiger partial charge in [-0.25, -0.2) is 17.6 Å². The van der Waals surface area contributed by atoms with Gasteiger partial charge in [0, 0.05) is 12.6 Å². The number of hydrogen-bond donors (Lipinski definition) is 1. The maximum Gasteiger partial charge on any atom is 0.390 e. The smallest absolute Gasteiger partial charge is 0.380 e. The molecule has 8 heteroatoms. The van der Waals surface area contributed by atoms with Crippen LogP contribution < -0.4 is 5.32 Å². The SMILES string of the molecule is Fc1cc(F)c(F)c(NCCC(F)(F)F)c1F. The highest BCUT2D eigenvalue weighted by atomic mass is 19.4. The number of rotatable bonds is 3. The Morgan fingerprint density at radius 3 is 1.82 bits per heavy atom. The van der Waals surface area contributed by atoms with Gasteiger partial charge >= 0.3 is 6.18 Å². The third kappa shape index (κ3) is 3.50. The second kappa shape index (κ2) is 4.80. The number of anilines is 1. The molecule has 0 fully saturated rings. The van der Waals surface area contributed by atoms with Crippen molar-refractivity contribution in [2.24, 2.45) is 0 Å². The highest BCUT2D eigenvalue weighted by Crippen LogP contribution is 2.25. The van der Waals surface area contributed by atoms with Crippen molar-refractivity contribution in [3.63, 3.8) is 0 Å². The fraction of sp³-hybridized carbons (Fsp3) is 0.333. The van der Waals surface area contributed by atoms with Gasteiger partial charge in [-0.1, -0.05) is 0 Å². The summed E-state index contributed by atoms with van der Waals surface area (Å²) >= 11 is 0. The van der Waals surface area contributed by atoms with Crippen LogP contribution in [0.1, 0.15) is 6.42 Å². The molecule has 1 rings (SSSR count). The van der Waals surface area contributed by atoms with Gasteiger partial charge in [-0.05, 0) is 0 Å². The first kappa shape index (κ1) is 13.6. The van der Waals surface area contributed by atoms with Gasteiger partial charge in [0.1, 0.15) is 5.69 Å². The lowest BCUT2D eigenvalue weighted by Crippen LogP contribution is -2.16. The molecule has 0 spiro atoms. The summed E-state index contributed by atoms with van der Waals surface area (Å²) in [5.74, 6) is -6.88. The molecule has 96 valence electrons. The Bertz CT molecular complexity index is 387. The Morgan fingerprint density at radius 2 is 1.41 bits per heavy atom. The van der Waals surface area contributed by atoms with Crippen LogP contribution in [-0.4, -0.2) is 12.7 Å². The molecule has 1 nitrogen and oxygen atoms in total. The molecule has 0 unspecified atom stereocenters. The minimum atomic E-state index is -4.54. The summed E-state index contributed by atoms with van der Waals surface area (Å²) in [4.78, 5) is 0. The standard InChI is InChI=1S/C9H6F7N/c10-4-3-5(11)7(13)8(6(4)12)17-2-1-9(14,15)16/h3,17H,1-2H2. The van der Waals surface area contributed by atoms with Crippen molar-refractivity contribution < 1.29 is 30.7 Å². The minimum Gasteiger partial charge on any atom is -0.380 e. The summed E-state index contributed by atoms with van der Waals surface area (Å²) in [6.45, 7) is -0.889. The van der Waals surface area contributed by atoms with Crippen LogP contribution in [0.3, 0.4) is 0 Å². The maximum absolute atomic E-state index is 12.9. The highest BCUT2D eigenvalue weighted by molar-refractivity contribution is 5.47. The second-order valence-corrected chi connectivity index (χ2v) is 3.14. The average molecular weight is 261 g/mol. The summed E-state index contributed by atoms with van der Waals surface area (Å²) in [6.07, 6.45) is -5.92. The van der Waals surface area contributed by atoms with Crippen LogP contribution in [0.25, 0.3) is 0 Å². The van der Waals surface area contributed by atoms with Crippen LogP contribution in [0.5, 0.6) is 0 Å². The largest absolute Gasteiger partial charge is 0.390 e. The average Bonchev–Trinajstić information content (AvgIpc) is 2.19. The van der Waals surface area contributed by atoms with E-state index < -0.39 is 48.1 Å². The molecule has 0 amide bonds. The molecule has 0 atom stereocenters. The van der Waals surface area contributed by atoms with E-state index in [0.29, 0.717) is 0 Å². The third-order valence-electron chi connectivity index (χ3n) is 1.82. The first-order valence-corrected chi connectivity index (χ1v) is 4.36. The number of nitrogens with one attached hydrogen (secondary N) is 1. The molecule has 1 aromatic rings. The molecule has 0 aromatic heterocycles. The van der Waals surface area contributed by atoms with Crippen LogP contribution in [-0.2, 0) is 0 Å². The van der Waals surface area contributed by atoms with Gasteiger partial charge in [-0.2, -0.15) is 13.2 Å². The van der Waals surface area contributed by atoms with Crippen LogP contribution in [0, 0.1) is 23.3 Å².